The molecule has 1 heterocycles. The van der Waals surface area contributed by atoms with Crippen LogP contribution in [0.5, 0.6) is 0 Å². The predicted octanol–water partition coefficient (Wildman–Crippen LogP) is 1.34. The number of hydrogen-bond acceptors (Lipinski definition) is 5. The van der Waals surface area contributed by atoms with E-state index in [9.17, 15) is 14.9 Å². The van der Waals surface area contributed by atoms with E-state index in [2.05, 4.69) is 10.2 Å². The van der Waals surface area contributed by atoms with Crippen molar-refractivity contribution in [3.8, 4) is 0 Å². The van der Waals surface area contributed by atoms with Crippen molar-refractivity contribution in [3.05, 3.63) is 33.9 Å². The van der Waals surface area contributed by atoms with Crippen molar-refractivity contribution in [1.82, 2.24) is 4.90 Å². The van der Waals surface area contributed by atoms with Crippen LogP contribution in [0, 0.1) is 10.1 Å². The Hall–Kier alpha value is -2.15. The van der Waals surface area contributed by atoms with Crippen molar-refractivity contribution < 1.29 is 9.72 Å². The molecule has 1 unspecified atom stereocenters. The molecule has 1 aliphatic carbocycles. The van der Waals surface area contributed by atoms with Gasteiger partial charge in [-0.15, -0.1) is 0 Å². The van der Waals surface area contributed by atoms with Crippen LogP contribution in [-0.2, 0) is 0 Å². The van der Waals surface area contributed by atoms with Crippen LogP contribution in [-0.4, -0.2) is 40.9 Å². The van der Waals surface area contributed by atoms with Gasteiger partial charge in [-0.25, -0.2) is 0 Å². The van der Waals surface area contributed by atoms with Crippen molar-refractivity contribution in [1.29, 1.82) is 0 Å². The van der Waals surface area contributed by atoms with Crippen molar-refractivity contribution in [2.75, 3.05) is 18.4 Å². The topological polar surface area (TPSA) is 102 Å². The Morgan fingerprint density at radius 1 is 1.38 bits per heavy atom. The van der Waals surface area contributed by atoms with Gasteiger partial charge in [-0.05, 0) is 31.4 Å². The molecule has 3 rings (SSSR count). The predicted molar refractivity (Wildman–Crippen MR) is 78.2 cm³/mol. The Bertz CT molecular complexity index is 586. The van der Waals surface area contributed by atoms with Gasteiger partial charge in [0.2, 0.25) is 5.91 Å². The molecule has 1 amide bonds. The van der Waals surface area contributed by atoms with Gasteiger partial charge in [0.05, 0.1) is 4.92 Å². The van der Waals surface area contributed by atoms with Crippen molar-refractivity contribution in [2.45, 2.75) is 31.3 Å². The second kappa shape index (κ2) is 5.33. The third-order valence-corrected chi connectivity index (χ3v) is 4.12. The number of nitrogens with zero attached hydrogens (tertiary/aromatic N) is 2. The number of nitrogens with one attached hydrogen (secondary N) is 1. The summed E-state index contributed by atoms with van der Waals surface area (Å²) in [6, 6.07) is 5.24. The first-order valence-corrected chi connectivity index (χ1v) is 7.13. The van der Waals surface area contributed by atoms with Gasteiger partial charge in [-0.1, -0.05) is 0 Å². The molecule has 0 spiro atoms. The average molecular weight is 290 g/mol. The first kappa shape index (κ1) is 13.8. The standard InChI is InChI=1S/C14H18N4O3/c15-14(19)9-1-4-12(13(7-9)18(20)21)16-10-5-6-17(8-10)11-2-3-11/h1,4,7,10-11,16H,2-3,5-6,8H2,(H2,15,19). The number of anilines is 1. The summed E-state index contributed by atoms with van der Waals surface area (Å²) in [4.78, 5) is 24.2. The van der Waals surface area contributed by atoms with Crippen molar-refractivity contribution in [2.24, 2.45) is 5.73 Å². The molecular weight excluding hydrogens is 272 g/mol. The molecule has 0 radical (unpaired) electrons. The highest BCUT2D eigenvalue weighted by molar-refractivity contribution is 5.94. The zero-order valence-corrected chi connectivity index (χ0v) is 11.6. The lowest BCUT2D eigenvalue weighted by Gasteiger charge is -2.16. The Labute approximate surface area is 122 Å². The van der Waals surface area contributed by atoms with Gasteiger partial charge in [-0.2, -0.15) is 0 Å². The average Bonchev–Trinajstić information content (AvgIpc) is 3.19. The van der Waals surface area contributed by atoms with E-state index in [1.165, 1.54) is 25.0 Å². The summed E-state index contributed by atoms with van der Waals surface area (Å²) in [6.07, 6.45) is 3.51. The lowest BCUT2D eigenvalue weighted by molar-refractivity contribution is -0.384. The number of nitrogens with two attached hydrogens (primary N) is 1. The van der Waals surface area contributed by atoms with Gasteiger partial charge >= 0.3 is 0 Å². The first-order valence-electron chi connectivity index (χ1n) is 7.13. The number of hydrogen-bond donors (Lipinski definition) is 2. The Morgan fingerprint density at radius 2 is 2.14 bits per heavy atom. The van der Waals surface area contributed by atoms with Crippen LogP contribution < -0.4 is 11.1 Å². The van der Waals surface area contributed by atoms with Crippen LogP contribution in [0.1, 0.15) is 29.6 Å². The van der Waals surface area contributed by atoms with E-state index in [0.29, 0.717) is 11.7 Å². The molecule has 0 bridgehead atoms. The van der Waals surface area contributed by atoms with Crippen molar-refractivity contribution in [3.63, 3.8) is 0 Å². The van der Waals surface area contributed by atoms with Gasteiger partial charge in [0.15, 0.2) is 0 Å². The zero-order valence-electron chi connectivity index (χ0n) is 11.6. The number of rotatable bonds is 5. The number of nitro benzene ring substituents is 1. The minimum absolute atomic E-state index is 0.101. The fourth-order valence-electron chi connectivity index (χ4n) is 2.85. The minimum atomic E-state index is -0.662. The summed E-state index contributed by atoms with van der Waals surface area (Å²) in [5, 5.41) is 14.4. The van der Waals surface area contributed by atoms with Crippen LogP contribution in [0.25, 0.3) is 0 Å². The minimum Gasteiger partial charge on any atom is -0.375 e. The number of carbonyl (C=O) groups excluding carboxylic acids is 1. The number of carbonyl (C=O) groups is 1. The molecular formula is C14H18N4O3. The summed E-state index contributed by atoms with van der Waals surface area (Å²) in [6.45, 7) is 1.95. The SMILES string of the molecule is NC(=O)c1ccc(NC2CCN(C3CC3)C2)c([N+](=O)[O-])c1. The molecule has 0 aromatic heterocycles. The molecule has 1 atom stereocenters. The van der Waals surface area contributed by atoms with Crippen molar-refractivity contribution >= 4 is 17.3 Å². The van der Waals surface area contributed by atoms with E-state index in [-0.39, 0.29) is 17.3 Å². The third kappa shape index (κ3) is 2.97. The number of primary amides is 1. The molecule has 2 aliphatic rings. The van der Waals surface area contributed by atoms with E-state index < -0.39 is 10.8 Å². The number of nitro groups is 1. The fourth-order valence-corrected chi connectivity index (χ4v) is 2.85. The van der Waals surface area contributed by atoms with E-state index in [4.69, 9.17) is 5.73 Å². The summed E-state index contributed by atoms with van der Waals surface area (Å²) in [5.41, 5.74) is 5.67. The number of benzene rings is 1. The monoisotopic (exact) mass is 290 g/mol. The van der Waals surface area contributed by atoms with Crippen LogP contribution in [0.2, 0.25) is 0 Å². The van der Waals surface area contributed by atoms with E-state index in [1.54, 1.807) is 6.07 Å². The molecule has 112 valence electrons. The van der Waals surface area contributed by atoms with Crippen LogP contribution in [0.3, 0.4) is 0 Å². The lowest BCUT2D eigenvalue weighted by atomic mass is 10.1. The molecule has 7 heteroatoms. The highest BCUT2D eigenvalue weighted by atomic mass is 16.6. The van der Waals surface area contributed by atoms with E-state index in [1.807, 2.05) is 0 Å². The van der Waals surface area contributed by atoms with Crippen LogP contribution >= 0.6 is 0 Å². The van der Waals surface area contributed by atoms with E-state index >= 15 is 0 Å². The maximum atomic E-state index is 11.2. The van der Waals surface area contributed by atoms with Gasteiger partial charge in [0.25, 0.3) is 5.69 Å². The van der Waals surface area contributed by atoms with Crippen LogP contribution in [0.15, 0.2) is 18.2 Å². The summed E-state index contributed by atoms with van der Waals surface area (Å²) >= 11 is 0. The smallest absolute Gasteiger partial charge is 0.293 e. The molecule has 1 aromatic rings. The summed E-state index contributed by atoms with van der Waals surface area (Å²) < 4.78 is 0. The first-order chi connectivity index (χ1) is 10.0. The zero-order chi connectivity index (χ0) is 15.0. The normalized spacial score (nSPS) is 22.2. The van der Waals surface area contributed by atoms with E-state index in [0.717, 1.165) is 19.5 Å². The number of amides is 1. The molecule has 21 heavy (non-hydrogen) atoms. The lowest BCUT2D eigenvalue weighted by Crippen LogP contribution is -2.28. The molecule has 1 aromatic carbocycles. The van der Waals surface area contributed by atoms with Gasteiger partial charge in [0, 0.05) is 36.8 Å². The molecule has 3 N–H and O–H groups in total. The number of likely N-dealkylation sites (tertiary alicyclic amines) is 1. The molecule has 2 fully saturated rings. The van der Waals surface area contributed by atoms with Crippen LogP contribution in [0.4, 0.5) is 11.4 Å². The second-order valence-corrected chi connectivity index (χ2v) is 5.71. The molecule has 1 saturated carbocycles. The maximum Gasteiger partial charge on any atom is 0.293 e. The largest absolute Gasteiger partial charge is 0.375 e. The molecule has 7 nitrogen and oxygen atoms in total. The quantitative estimate of drug-likeness (QED) is 0.629. The molecule has 1 saturated heterocycles. The second-order valence-electron chi connectivity index (χ2n) is 5.71. The summed E-state index contributed by atoms with van der Waals surface area (Å²) in [7, 11) is 0. The summed E-state index contributed by atoms with van der Waals surface area (Å²) in [5.74, 6) is -0.662. The maximum absolute atomic E-state index is 11.2. The fraction of sp³-hybridized carbons (Fsp3) is 0.500. The Morgan fingerprint density at radius 3 is 2.76 bits per heavy atom. The van der Waals surface area contributed by atoms with Gasteiger partial charge in [-0.3, -0.25) is 19.8 Å². The Balaban J connectivity index is 1.75. The third-order valence-electron chi connectivity index (χ3n) is 4.12. The van der Waals surface area contributed by atoms with Gasteiger partial charge < -0.3 is 11.1 Å². The molecule has 1 aliphatic heterocycles. The highest BCUT2D eigenvalue weighted by Crippen LogP contribution is 2.32. The highest BCUT2D eigenvalue weighted by Gasteiger charge is 2.34. The Kier molecular flexibility index (Phi) is 3.50. The van der Waals surface area contributed by atoms with Gasteiger partial charge in [0.1, 0.15) is 5.69 Å².